The molecule has 200 valence electrons. The van der Waals surface area contributed by atoms with E-state index in [1.54, 1.807) is 0 Å². The molecule has 0 saturated heterocycles. The van der Waals surface area contributed by atoms with Gasteiger partial charge < -0.3 is 14.6 Å². The van der Waals surface area contributed by atoms with Crippen molar-refractivity contribution in [3.05, 3.63) is 143 Å². The molecule has 1 unspecified atom stereocenters. The fourth-order valence-electron chi connectivity index (χ4n) is 5.74. The average molecular weight is 591 g/mol. The number of benzene rings is 5. The van der Waals surface area contributed by atoms with Crippen molar-refractivity contribution >= 4 is 37.5 Å². The Morgan fingerprint density at radius 3 is 2.38 bits per heavy atom. The minimum Gasteiger partial charge on any atom is -0.380 e. The molecule has 0 spiro atoms. The summed E-state index contributed by atoms with van der Waals surface area (Å²) in [6.45, 7) is 0.730. The zero-order valence-corrected chi connectivity index (χ0v) is 24.3. The van der Waals surface area contributed by atoms with Crippen molar-refractivity contribution < 1.29 is 5.11 Å². The minimum atomic E-state index is -1.22. The van der Waals surface area contributed by atoms with Gasteiger partial charge >= 0.3 is 0 Å². The van der Waals surface area contributed by atoms with Gasteiger partial charge in [-0.2, -0.15) is 0 Å². The number of rotatable bonds is 8. The summed E-state index contributed by atoms with van der Waals surface area (Å²) < 4.78 is 3.01. The second-order valence-corrected chi connectivity index (χ2v) is 11.6. The average Bonchev–Trinajstić information content (AvgIpc) is 3.50. The molecule has 0 saturated carbocycles. The van der Waals surface area contributed by atoms with Crippen molar-refractivity contribution in [1.82, 2.24) is 14.5 Å². The van der Waals surface area contributed by atoms with E-state index in [9.17, 15) is 5.11 Å². The number of fused-ring (bicyclic) bond motifs is 2. The normalized spacial score (nSPS) is 13.2. The summed E-state index contributed by atoms with van der Waals surface area (Å²) in [5.74, 6) is 0. The van der Waals surface area contributed by atoms with E-state index in [2.05, 4.69) is 117 Å². The van der Waals surface area contributed by atoms with E-state index in [0.717, 1.165) is 55.8 Å². The monoisotopic (exact) mass is 589 g/mol. The molecule has 0 radical (unpaired) electrons. The van der Waals surface area contributed by atoms with Gasteiger partial charge in [0.2, 0.25) is 0 Å². The van der Waals surface area contributed by atoms with Crippen molar-refractivity contribution in [1.29, 1.82) is 0 Å². The Morgan fingerprint density at radius 1 is 0.825 bits per heavy atom. The molecule has 0 bridgehead atoms. The molecule has 6 rings (SSSR count). The van der Waals surface area contributed by atoms with E-state index in [0.29, 0.717) is 6.42 Å². The van der Waals surface area contributed by atoms with E-state index in [1.165, 1.54) is 11.1 Å². The van der Waals surface area contributed by atoms with Crippen LogP contribution < -0.4 is 0 Å². The molecule has 0 fully saturated rings. The molecular formula is C35H32BrN3O. The quantitative estimate of drug-likeness (QED) is 0.197. The Bertz CT molecular complexity index is 1770. The van der Waals surface area contributed by atoms with E-state index < -0.39 is 5.60 Å². The van der Waals surface area contributed by atoms with E-state index in [-0.39, 0.29) is 0 Å². The summed E-state index contributed by atoms with van der Waals surface area (Å²) in [4.78, 5) is 6.47. The highest BCUT2D eigenvalue weighted by Gasteiger charge is 2.35. The first-order valence-corrected chi connectivity index (χ1v) is 14.4. The number of imidazole rings is 1. The molecular weight excluding hydrogens is 558 g/mol. The largest absolute Gasteiger partial charge is 0.380 e. The van der Waals surface area contributed by atoms with Crippen LogP contribution in [-0.2, 0) is 12.0 Å². The van der Waals surface area contributed by atoms with Crippen molar-refractivity contribution in [2.45, 2.75) is 18.4 Å². The molecule has 5 heteroatoms. The molecule has 1 heterocycles. The zero-order valence-electron chi connectivity index (χ0n) is 22.8. The van der Waals surface area contributed by atoms with Crippen molar-refractivity contribution in [3.63, 3.8) is 0 Å². The second-order valence-electron chi connectivity index (χ2n) is 10.7. The Kier molecular flexibility index (Phi) is 7.28. The lowest BCUT2D eigenvalue weighted by atomic mass is 9.78. The first-order valence-electron chi connectivity index (χ1n) is 13.6. The lowest BCUT2D eigenvalue weighted by Crippen LogP contribution is -2.32. The second kappa shape index (κ2) is 11.0. The molecule has 1 atom stereocenters. The summed E-state index contributed by atoms with van der Waals surface area (Å²) in [5.41, 5.74) is 4.09. The van der Waals surface area contributed by atoms with Gasteiger partial charge in [-0.05, 0) is 95.0 Å². The van der Waals surface area contributed by atoms with Crippen LogP contribution in [0.3, 0.4) is 0 Å². The third kappa shape index (κ3) is 5.08. The SMILES string of the molecule is CN(C)CCC(O)(c1cccc2ccccc12)c1cc(Br)cc2cc(Cc3ccccc3)c(-n3ccnc3)cc12. The molecule has 0 aliphatic heterocycles. The predicted molar refractivity (Wildman–Crippen MR) is 168 cm³/mol. The number of halogens is 1. The molecule has 1 aromatic heterocycles. The third-order valence-electron chi connectivity index (χ3n) is 7.74. The molecule has 1 N–H and O–H groups in total. The van der Waals surface area contributed by atoms with Gasteiger partial charge in [0.05, 0.1) is 12.0 Å². The predicted octanol–water partition coefficient (Wildman–Crippen LogP) is 7.72. The molecule has 0 amide bonds. The van der Waals surface area contributed by atoms with E-state index in [1.807, 2.05) is 43.0 Å². The fourth-order valence-corrected chi connectivity index (χ4v) is 6.21. The van der Waals surface area contributed by atoms with E-state index >= 15 is 0 Å². The zero-order chi connectivity index (χ0) is 27.7. The van der Waals surface area contributed by atoms with Crippen LogP contribution in [0.4, 0.5) is 0 Å². The fraction of sp³-hybridized carbons (Fsp3) is 0.171. The number of aliphatic hydroxyl groups is 1. The maximum Gasteiger partial charge on any atom is 0.117 e. The highest BCUT2D eigenvalue weighted by molar-refractivity contribution is 9.10. The molecule has 6 aromatic rings. The van der Waals surface area contributed by atoms with Crippen molar-refractivity contribution in [2.24, 2.45) is 0 Å². The molecule has 5 aromatic carbocycles. The van der Waals surface area contributed by atoms with Gasteiger partial charge in [0, 0.05) is 23.4 Å². The maximum atomic E-state index is 12.9. The van der Waals surface area contributed by atoms with Crippen LogP contribution in [0.2, 0.25) is 0 Å². The Hall–Kier alpha value is -3.77. The van der Waals surface area contributed by atoms with Gasteiger partial charge in [0.25, 0.3) is 0 Å². The Labute approximate surface area is 243 Å². The number of hydrogen-bond acceptors (Lipinski definition) is 3. The van der Waals surface area contributed by atoms with Gasteiger partial charge in [0.1, 0.15) is 5.60 Å². The Morgan fingerprint density at radius 2 is 1.60 bits per heavy atom. The summed E-state index contributed by atoms with van der Waals surface area (Å²) in [6, 6.07) is 33.8. The van der Waals surface area contributed by atoms with Gasteiger partial charge in [-0.25, -0.2) is 4.98 Å². The van der Waals surface area contributed by atoms with Gasteiger partial charge in [-0.1, -0.05) is 88.7 Å². The van der Waals surface area contributed by atoms with Crippen LogP contribution in [0.25, 0.3) is 27.2 Å². The first kappa shape index (κ1) is 26.5. The number of hydrogen-bond donors (Lipinski definition) is 1. The van der Waals surface area contributed by atoms with Crippen LogP contribution >= 0.6 is 15.9 Å². The van der Waals surface area contributed by atoms with Gasteiger partial charge in [-0.3, -0.25) is 0 Å². The van der Waals surface area contributed by atoms with Crippen LogP contribution in [0.15, 0.2) is 120 Å². The topological polar surface area (TPSA) is 41.3 Å². The highest BCUT2D eigenvalue weighted by Crippen LogP contribution is 2.43. The Balaban J connectivity index is 1.62. The van der Waals surface area contributed by atoms with E-state index in [4.69, 9.17) is 0 Å². The number of aromatic nitrogens is 2. The van der Waals surface area contributed by atoms with Gasteiger partial charge in [-0.15, -0.1) is 0 Å². The van der Waals surface area contributed by atoms with Crippen molar-refractivity contribution in [3.8, 4) is 5.69 Å². The van der Waals surface area contributed by atoms with Crippen molar-refractivity contribution in [2.75, 3.05) is 20.6 Å². The summed E-state index contributed by atoms with van der Waals surface area (Å²) >= 11 is 3.79. The van der Waals surface area contributed by atoms with Crippen LogP contribution in [0.5, 0.6) is 0 Å². The standard InChI is InChI=1S/C35H32BrN3O/c1-38(2)17-15-35(40,32-14-8-12-26-11-6-7-13-30(26)32)33-22-29(36)21-27-20-28(19-25-9-4-3-5-10-25)34(23-31(27)33)39-18-16-37-24-39/h3-14,16,18,20-24,40H,15,17,19H2,1-2H3. The molecule has 0 aliphatic rings. The molecule has 0 aliphatic carbocycles. The number of nitrogens with zero attached hydrogens (tertiary/aromatic N) is 3. The third-order valence-corrected chi connectivity index (χ3v) is 8.20. The van der Waals surface area contributed by atoms with Crippen LogP contribution in [0, 0.1) is 0 Å². The first-order chi connectivity index (χ1) is 19.4. The van der Waals surface area contributed by atoms with Gasteiger partial charge in [0.15, 0.2) is 0 Å². The highest BCUT2D eigenvalue weighted by atomic mass is 79.9. The lowest BCUT2D eigenvalue weighted by Gasteiger charge is -2.33. The molecule has 40 heavy (non-hydrogen) atoms. The lowest BCUT2D eigenvalue weighted by molar-refractivity contribution is 0.0658. The smallest absolute Gasteiger partial charge is 0.117 e. The summed E-state index contributed by atoms with van der Waals surface area (Å²) in [6.07, 6.45) is 6.98. The molecule has 4 nitrogen and oxygen atoms in total. The minimum absolute atomic E-state index is 0.547. The maximum absolute atomic E-state index is 12.9. The summed E-state index contributed by atoms with van der Waals surface area (Å²) in [7, 11) is 4.10. The van der Waals surface area contributed by atoms with Crippen LogP contribution in [-0.4, -0.2) is 40.2 Å². The summed E-state index contributed by atoms with van der Waals surface area (Å²) in [5, 5.41) is 17.2. The van der Waals surface area contributed by atoms with Crippen LogP contribution in [0.1, 0.15) is 28.7 Å².